The fourth-order valence-corrected chi connectivity index (χ4v) is 4.00. The van der Waals surface area contributed by atoms with Crippen LogP contribution in [0.4, 0.5) is 5.69 Å². The Morgan fingerprint density at radius 3 is 2.54 bits per heavy atom. The number of ether oxygens (including phenoxy) is 2. The van der Waals surface area contributed by atoms with Crippen LogP contribution >= 0.6 is 0 Å². The predicted octanol–water partition coefficient (Wildman–Crippen LogP) is 4.65. The highest BCUT2D eigenvalue weighted by Gasteiger charge is 2.35. The second-order valence-corrected chi connectivity index (χ2v) is 8.18. The number of carbonyl (C=O) groups is 2. The Balaban J connectivity index is 1.34. The van der Waals surface area contributed by atoms with Crippen LogP contribution in [0.2, 0.25) is 0 Å². The van der Waals surface area contributed by atoms with E-state index in [2.05, 4.69) is 15.6 Å². The summed E-state index contributed by atoms with van der Waals surface area (Å²) in [6, 6.07) is 24.1. The van der Waals surface area contributed by atoms with Crippen LogP contribution in [-0.2, 0) is 22.6 Å². The molecule has 0 spiro atoms. The molecule has 8 nitrogen and oxygen atoms in total. The van der Waals surface area contributed by atoms with Crippen LogP contribution in [0.5, 0.6) is 5.75 Å². The Morgan fingerprint density at radius 1 is 1.03 bits per heavy atom. The number of aryl methyl sites for hydroxylation is 1. The monoisotopic (exact) mass is 468 g/mol. The van der Waals surface area contributed by atoms with Crippen molar-refractivity contribution in [1.29, 1.82) is 0 Å². The van der Waals surface area contributed by atoms with Crippen LogP contribution in [-0.4, -0.2) is 26.9 Å². The molecular formula is C27H24N4O4. The standard InChI is InChI=1S/C27H24N4O4/c1-2-8-22-24-27(33)35-25(21-11-6-7-12-23(21)31(24)30-29-22)26(32)28-19-13-15-20(16-14-19)34-17-18-9-4-3-5-10-18/h3-7,9-16,25H,2,8,17H2,1H3,(H,28,32). The number of rotatable bonds is 7. The number of nitrogens with zero attached hydrogens (tertiary/aromatic N) is 3. The highest BCUT2D eigenvalue weighted by molar-refractivity contribution is 5.99. The zero-order valence-corrected chi connectivity index (χ0v) is 19.2. The van der Waals surface area contributed by atoms with Crippen LogP contribution in [0.1, 0.15) is 46.8 Å². The molecular weight excluding hydrogens is 444 g/mol. The van der Waals surface area contributed by atoms with Crippen LogP contribution in [0, 0.1) is 0 Å². The SMILES string of the molecule is CCCc1nnn2c1C(=O)OC(C(=O)Nc1ccc(OCc3ccccc3)cc1)c1ccccc1-2. The third kappa shape index (κ3) is 4.63. The molecule has 0 fully saturated rings. The number of amides is 1. The van der Waals surface area contributed by atoms with Crippen LogP contribution in [0.3, 0.4) is 0 Å². The van der Waals surface area contributed by atoms with Gasteiger partial charge >= 0.3 is 5.97 Å². The molecule has 0 saturated heterocycles. The smallest absolute Gasteiger partial charge is 0.360 e. The number of para-hydroxylation sites is 1. The molecule has 0 radical (unpaired) electrons. The fourth-order valence-electron chi connectivity index (χ4n) is 4.00. The Kier molecular flexibility index (Phi) is 6.26. The summed E-state index contributed by atoms with van der Waals surface area (Å²) in [6.45, 7) is 2.45. The van der Waals surface area contributed by atoms with Gasteiger partial charge in [-0.1, -0.05) is 67.1 Å². The van der Waals surface area contributed by atoms with E-state index in [-0.39, 0.29) is 5.69 Å². The number of nitrogens with one attached hydrogen (secondary N) is 1. The summed E-state index contributed by atoms with van der Waals surface area (Å²) in [4.78, 5) is 26.3. The molecule has 1 atom stereocenters. The van der Waals surface area contributed by atoms with E-state index >= 15 is 0 Å². The molecule has 0 saturated carbocycles. The van der Waals surface area contributed by atoms with E-state index in [4.69, 9.17) is 9.47 Å². The van der Waals surface area contributed by atoms with Gasteiger partial charge in [-0.2, -0.15) is 0 Å². The maximum atomic E-state index is 13.2. The molecule has 35 heavy (non-hydrogen) atoms. The first-order valence-electron chi connectivity index (χ1n) is 11.5. The van der Waals surface area contributed by atoms with Crippen molar-refractivity contribution in [3.63, 3.8) is 0 Å². The van der Waals surface area contributed by atoms with E-state index in [1.54, 1.807) is 42.5 Å². The molecule has 2 heterocycles. The van der Waals surface area contributed by atoms with Crippen molar-refractivity contribution >= 4 is 17.6 Å². The first-order chi connectivity index (χ1) is 17.1. The molecule has 1 amide bonds. The predicted molar refractivity (Wildman–Crippen MR) is 129 cm³/mol. The molecule has 1 aliphatic heterocycles. The Hall–Kier alpha value is -4.46. The van der Waals surface area contributed by atoms with E-state index in [1.165, 1.54) is 4.68 Å². The van der Waals surface area contributed by atoms with Crippen molar-refractivity contribution in [3.05, 3.63) is 101 Å². The van der Waals surface area contributed by atoms with E-state index in [9.17, 15) is 9.59 Å². The van der Waals surface area contributed by atoms with Crippen LogP contribution in [0.15, 0.2) is 78.9 Å². The summed E-state index contributed by atoms with van der Waals surface area (Å²) in [5.41, 5.74) is 3.57. The van der Waals surface area contributed by atoms with Gasteiger partial charge < -0.3 is 14.8 Å². The summed E-state index contributed by atoms with van der Waals surface area (Å²) in [5, 5.41) is 11.2. The highest BCUT2D eigenvalue weighted by Crippen LogP contribution is 2.32. The van der Waals surface area contributed by atoms with Gasteiger partial charge in [0, 0.05) is 11.3 Å². The highest BCUT2D eigenvalue weighted by atomic mass is 16.5. The van der Waals surface area contributed by atoms with Gasteiger partial charge in [-0.15, -0.1) is 5.10 Å². The van der Waals surface area contributed by atoms with Gasteiger partial charge in [0.15, 0.2) is 5.69 Å². The van der Waals surface area contributed by atoms with Gasteiger partial charge in [0.2, 0.25) is 6.10 Å². The van der Waals surface area contributed by atoms with Crippen molar-refractivity contribution in [2.75, 3.05) is 5.32 Å². The Labute approximate surface area is 202 Å². The minimum atomic E-state index is -1.14. The van der Waals surface area contributed by atoms with E-state index in [0.29, 0.717) is 41.4 Å². The molecule has 5 rings (SSSR count). The molecule has 1 N–H and O–H groups in total. The second kappa shape index (κ2) is 9.80. The average Bonchev–Trinajstić information content (AvgIpc) is 3.26. The maximum Gasteiger partial charge on any atom is 0.360 e. The zero-order valence-electron chi connectivity index (χ0n) is 19.2. The molecule has 1 aliphatic rings. The number of cyclic esters (lactones) is 1. The number of aromatic nitrogens is 3. The van der Waals surface area contributed by atoms with Gasteiger partial charge in [0.1, 0.15) is 12.4 Å². The number of fused-ring (bicyclic) bond motifs is 3. The molecule has 4 aromatic rings. The summed E-state index contributed by atoms with van der Waals surface area (Å²) in [6.07, 6.45) is 0.251. The quantitative estimate of drug-likeness (QED) is 0.397. The second-order valence-electron chi connectivity index (χ2n) is 8.18. The number of hydrogen-bond acceptors (Lipinski definition) is 6. The van der Waals surface area contributed by atoms with Crippen molar-refractivity contribution in [3.8, 4) is 11.4 Å². The molecule has 8 heteroatoms. The van der Waals surface area contributed by atoms with Crippen molar-refractivity contribution < 1.29 is 19.1 Å². The lowest BCUT2D eigenvalue weighted by atomic mass is 10.1. The van der Waals surface area contributed by atoms with Crippen molar-refractivity contribution in [2.24, 2.45) is 0 Å². The molecule has 0 bridgehead atoms. The van der Waals surface area contributed by atoms with Crippen molar-refractivity contribution in [1.82, 2.24) is 15.0 Å². The lowest BCUT2D eigenvalue weighted by molar-refractivity contribution is -0.124. The first-order valence-corrected chi connectivity index (χ1v) is 11.5. The van der Waals surface area contributed by atoms with Crippen LogP contribution in [0.25, 0.3) is 5.69 Å². The van der Waals surface area contributed by atoms with E-state index in [1.807, 2.05) is 43.3 Å². The van der Waals surface area contributed by atoms with Crippen molar-refractivity contribution in [2.45, 2.75) is 32.5 Å². The fraction of sp³-hybridized carbons (Fsp3) is 0.185. The third-order valence-corrected chi connectivity index (χ3v) is 5.70. The molecule has 0 aliphatic carbocycles. The van der Waals surface area contributed by atoms with Crippen LogP contribution < -0.4 is 10.1 Å². The number of carbonyl (C=O) groups excluding carboxylic acids is 2. The zero-order chi connectivity index (χ0) is 24.2. The molecule has 1 aromatic heterocycles. The Bertz CT molecular complexity index is 1350. The number of anilines is 1. The summed E-state index contributed by atoms with van der Waals surface area (Å²) < 4.78 is 13.0. The first kappa shape index (κ1) is 22.3. The van der Waals surface area contributed by atoms with E-state index in [0.717, 1.165) is 12.0 Å². The lowest BCUT2D eigenvalue weighted by Crippen LogP contribution is -2.25. The molecule has 1 unspecified atom stereocenters. The molecule has 176 valence electrons. The van der Waals surface area contributed by atoms with Gasteiger partial charge in [-0.05, 0) is 42.3 Å². The van der Waals surface area contributed by atoms with E-state index < -0.39 is 18.0 Å². The summed E-state index contributed by atoms with van der Waals surface area (Å²) >= 11 is 0. The topological polar surface area (TPSA) is 95.3 Å². The summed E-state index contributed by atoms with van der Waals surface area (Å²) in [5.74, 6) is -0.404. The Morgan fingerprint density at radius 2 is 1.77 bits per heavy atom. The van der Waals surface area contributed by atoms with Gasteiger partial charge in [-0.25, -0.2) is 9.48 Å². The normalized spacial score (nSPS) is 14.3. The minimum absolute atomic E-state index is 0.259. The lowest BCUT2D eigenvalue weighted by Gasteiger charge is -2.17. The number of hydrogen-bond donors (Lipinski definition) is 1. The third-order valence-electron chi connectivity index (χ3n) is 5.70. The number of benzene rings is 3. The summed E-state index contributed by atoms with van der Waals surface area (Å²) in [7, 11) is 0. The molecule has 3 aromatic carbocycles. The minimum Gasteiger partial charge on any atom is -0.489 e. The van der Waals surface area contributed by atoms with Gasteiger partial charge in [0.05, 0.1) is 11.4 Å². The van der Waals surface area contributed by atoms with Gasteiger partial charge in [0.25, 0.3) is 5.91 Å². The maximum absolute atomic E-state index is 13.2. The number of esters is 1. The average molecular weight is 469 g/mol. The van der Waals surface area contributed by atoms with Gasteiger partial charge in [-0.3, -0.25) is 4.79 Å². The largest absolute Gasteiger partial charge is 0.489 e.